The van der Waals surface area contributed by atoms with Gasteiger partial charge in [0.25, 0.3) is 0 Å². The van der Waals surface area contributed by atoms with Crippen LogP contribution in [0, 0.1) is 11.8 Å². The van der Waals surface area contributed by atoms with Crippen molar-refractivity contribution >= 4 is 17.6 Å². The zero-order valence-electron chi connectivity index (χ0n) is 27.1. The molecule has 262 valence electrons. The number of hydrogen-bond acceptors (Lipinski definition) is 13. The van der Waals surface area contributed by atoms with Crippen LogP contribution in [0.15, 0.2) is 29.4 Å². The third-order valence-corrected chi connectivity index (χ3v) is 8.25. The molecule has 0 aromatic heterocycles. The molecule has 1 unspecified atom stereocenters. The molecule has 2 aromatic rings. The molecule has 2 heterocycles. The van der Waals surface area contributed by atoms with Crippen LogP contribution in [0.1, 0.15) is 34.6 Å². The number of carboxylic acid groups (broad SMARTS) is 1. The highest BCUT2D eigenvalue weighted by molar-refractivity contribution is 6.08. The van der Waals surface area contributed by atoms with Gasteiger partial charge in [-0.05, 0) is 35.4 Å². The van der Waals surface area contributed by atoms with Crippen LogP contribution >= 0.6 is 0 Å². The molecule has 3 atom stereocenters. The van der Waals surface area contributed by atoms with Crippen LogP contribution < -0.4 is 24.3 Å². The lowest BCUT2D eigenvalue weighted by Gasteiger charge is -2.37. The summed E-state index contributed by atoms with van der Waals surface area (Å²) in [6, 6.07) is 7.44. The highest BCUT2D eigenvalue weighted by Gasteiger charge is 2.49. The number of nitrogens with zero attached hydrogens (tertiary/aromatic N) is 1. The zero-order valence-corrected chi connectivity index (χ0v) is 27.1. The van der Waals surface area contributed by atoms with E-state index in [2.05, 4.69) is 10.5 Å². The predicted octanol–water partition coefficient (Wildman–Crippen LogP) is 1.69. The number of aliphatic hydroxyl groups excluding tert-OH is 1. The van der Waals surface area contributed by atoms with E-state index in [-0.39, 0.29) is 58.0 Å². The number of ether oxygens (including phenoxy) is 8. The number of benzene rings is 2. The summed E-state index contributed by atoms with van der Waals surface area (Å²) in [5.41, 5.74) is 3.59. The van der Waals surface area contributed by atoms with E-state index >= 15 is 0 Å². The smallest absolute Gasteiger partial charge is 0.305 e. The summed E-state index contributed by atoms with van der Waals surface area (Å²) in [7, 11) is 3.04. The summed E-state index contributed by atoms with van der Waals surface area (Å²) in [5.74, 6) is -0.504. The van der Waals surface area contributed by atoms with Gasteiger partial charge >= 0.3 is 5.97 Å². The molecule has 1 aliphatic carbocycles. The van der Waals surface area contributed by atoms with Crippen molar-refractivity contribution in [3.8, 4) is 23.0 Å². The Morgan fingerprint density at radius 2 is 1.56 bits per heavy atom. The van der Waals surface area contributed by atoms with Crippen molar-refractivity contribution in [1.29, 1.82) is 0 Å². The Kier molecular flexibility index (Phi) is 12.7. The fourth-order valence-electron chi connectivity index (χ4n) is 6.09. The Balaban J connectivity index is 1.19. The van der Waals surface area contributed by atoms with Gasteiger partial charge in [-0.25, -0.2) is 0 Å². The molecule has 2 aromatic carbocycles. The largest absolute Gasteiger partial charge is 0.493 e. The van der Waals surface area contributed by atoms with E-state index in [1.165, 1.54) is 14.2 Å². The molecule has 15 nitrogen and oxygen atoms in total. The molecule has 0 bridgehead atoms. The molecule has 0 spiro atoms. The fraction of sp³-hybridized carbons (Fsp3) is 0.545. The summed E-state index contributed by atoms with van der Waals surface area (Å²) in [6.45, 7) is 2.86. The Morgan fingerprint density at radius 3 is 2.21 bits per heavy atom. The Labute approximate surface area is 277 Å². The maximum atomic E-state index is 14.0. The number of amides is 1. The predicted molar refractivity (Wildman–Crippen MR) is 168 cm³/mol. The zero-order chi connectivity index (χ0) is 33.9. The van der Waals surface area contributed by atoms with Crippen molar-refractivity contribution in [3.63, 3.8) is 0 Å². The molecule has 0 radical (unpaired) electrons. The van der Waals surface area contributed by atoms with Gasteiger partial charge in [0.2, 0.25) is 12.7 Å². The van der Waals surface area contributed by atoms with Gasteiger partial charge in [-0.15, -0.1) is 0 Å². The molecule has 1 amide bonds. The molecule has 0 saturated heterocycles. The fourth-order valence-corrected chi connectivity index (χ4v) is 6.09. The van der Waals surface area contributed by atoms with Gasteiger partial charge in [-0.2, -0.15) is 0 Å². The normalized spacial score (nSPS) is 18.8. The number of carbonyl (C=O) groups excluding carboxylic acids is 1. The monoisotopic (exact) mass is 674 g/mol. The van der Waals surface area contributed by atoms with Gasteiger partial charge < -0.3 is 58.3 Å². The highest BCUT2D eigenvalue weighted by Crippen LogP contribution is 2.51. The van der Waals surface area contributed by atoms with E-state index < -0.39 is 17.8 Å². The number of nitrogens with one attached hydrogen (secondary N) is 1. The Morgan fingerprint density at radius 1 is 0.896 bits per heavy atom. The highest BCUT2D eigenvalue weighted by atomic mass is 16.7. The van der Waals surface area contributed by atoms with Crippen LogP contribution in [0.5, 0.6) is 23.0 Å². The summed E-state index contributed by atoms with van der Waals surface area (Å²) in [5, 5.41) is 26.2. The van der Waals surface area contributed by atoms with E-state index in [9.17, 15) is 14.7 Å². The second-order valence-electron chi connectivity index (χ2n) is 11.1. The topological polar surface area (TPSA) is 182 Å². The average Bonchev–Trinajstić information content (AvgIpc) is 3.77. The first kappa shape index (κ1) is 35.2. The SMILES string of the molecule is COc1cc([C@@H]2c3cc4c(cc3C3=NOCC3[C@@H]2C(=O)NCCOCCOCCOCCOCCC(=O)O)OCO4)cc(CO)c1OC. The van der Waals surface area contributed by atoms with Crippen molar-refractivity contribution < 1.29 is 62.5 Å². The average molecular weight is 675 g/mol. The number of hydrogen-bond donors (Lipinski definition) is 3. The Bertz CT molecular complexity index is 1420. The van der Waals surface area contributed by atoms with E-state index in [1.54, 1.807) is 0 Å². The van der Waals surface area contributed by atoms with Crippen LogP contribution in [0.2, 0.25) is 0 Å². The number of carbonyl (C=O) groups is 2. The number of methoxy groups -OCH3 is 2. The summed E-state index contributed by atoms with van der Waals surface area (Å²) in [6.07, 6.45) is -0.0351. The molecule has 0 saturated carbocycles. The minimum atomic E-state index is -0.899. The lowest BCUT2D eigenvalue weighted by Crippen LogP contribution is -2.46. The maximum Gasteiger partial charge on any atom is 0.305 e. The number of rotatable bonds is 20. The van der Waals surface area contributed by atoms with Crippen molar-refractivity contribution in [2.45, 2.75) is 18.9 Å². The third kappa shape index (κ3) is 8.28. The third-order valence-electron chi connectivity index (χ3n) is 8.25. The van der Waals surface area contributed by atoms with Crippen LogP contribution in [0.3, 0.4) is 0 Å². The molecule has 15 heteroatoms. The van der Waals surface area contributed by atoms with E-state index in [0.29, 0.717) is 73.9 Å². The Hall–Kier alpha value is -4.15. The van der Waals surface area contributed by atoms with Crippen LogP contribution in [0.4, 0.5) is 0 Å². The molecule has 3 aliphatic rings. The quantitative estimate of drug-likeness (QED) is 0.173. The van der Waals surface area contributed by atoms with E-state index in [1.807, 2.05) is 24.3 Å². The van der Waals surface area contributed by atoms with Crippen molar-refractivity contribution in [1.82, 2.24) is 5.32 Å². The van der Waals surface area contributed by atoms with Gasteiger partial charge in [0.05, 0.1) is 97.6 Å². The van der Waals surface area contributed by atoms with Crippen molar-refractivity contribution in [2.24, 2.45) is 17.0 Å². The second kappa shape index (κ2) is 17.3. The number of oxime groups is 1. The van der Waals surface area contributed by atoms with Crippen LogP contribution in [-0.4, -0.2) is 115 Å². The molecular weight excluding hydrogens is 632 g/mol. The van der Waals surface area contributed by atoms with Crippen LogP contribution in [-0.2, 0) is 40.0 Å². The summed E-state index contributed by atoms with van der Waals surface area (Å²) >= 11 is 0. The summed E-state index contributed by atoms with van der Waals surface area (Å²) < 4.78 is 44.2. The first-order valence-corrected chi connectivity index (χ1v) is 15.8. The minimum absolute atomic E-state index is 0.0351. The molecule has 5 rings (SSSR count). The van der Waals surface area contributed by atoms with Crippen molar-refractivity contribution in [3.05, 3.63) is 46.5 Å². The van der Waals surface area contributed by atoms with Gasteiger partial charge in [0.1, 0.15) is 6.61 Å². The lowest BCUT2D eigenvalue weighted by atomic mass is 9.65. The number of fused-ring (bicyclic) bond motifs is 4. The number of aliphatic hydroxyl groups is 1. The standard InChI is InChI=1S/C33H42N2O13/c1-40-27-14-20(13-21(17-36)32(27)41-2)29-22-15-25-26(47-19-46-25)16-23(22)31-24(18-48-35-31)30(29)33(39)34-4-6-43-8-10-45-12-11-44-9-7-42-5-3-28(37)38/h13-16,24,29-30,36H,3-12,17-19H2,1-2H3,(H,34,39)(H,37,38)/t24?,29-,30+/m1/s1. The van der Waals surface area contributed by atoms with Gasteiger partial charge in [0, 0.05) is 23.6 Å². The molecular formula is C33H42N2O13. The van der Waals surface area contributed by atoms with E-state index in [4.69, 9.17) is 47.8 Å². The second-order valence-corrected chi connectivity index (χ2v) is 11.1. The number of aliphatic carboxylic acids is 1. The van der Waals surface area contributed by atoms with Crippen molar-refractivity contribution in [2.75, 3.05) is 87.0 Å². The van der Waals surface area contributed by atoms with Gasteiger partial charge in [-0.3, -0.25) is 9.59 Å². The number of carboxylic acids is 1. The van der Waals surface area contributed by atoms with Crippen LogP contribution in [0.25, 0.3) is 0 Å². The lowest BCUT2D eigenvalue weighted by molar-refractivity contribution is -0.138. The van der Waals surface area contributed by atoms with Gasteiger partial charge in [0.15, 0.2) is 23.0 Å². The maximum absolute atomic E-state index is 14.0. The molecule has 2 aliphatic heterocycles. The first-order valence-electron chi connectivity index (χ1n) is 15.8. The molecule has 48 heavy (non-hydrogen) atoms. The van der Waals surface area contributed by atoms with Gasteiger partial charge in [-0.1, -0.05) is 5.16 Å². The first-order chi connectivity index (χ1) is 23.5. The minimum Gasteiger partial charge on any atom is -0.493 e. The summed E-state index contributed by atoms with van der Waals surface area (Å²) in [4.78, 5) is 30.1. The van der Waals surface area contributed by atoms with E-state index in [0.717, 1.165) is 16.7 Å². The molecule has 0 fully saturated rings. The molecule has 3 N–H and O–H groups in total.